The molecule has 7 nitrogen and oxygen atoms in total. The number of nitrogens with one attached hydrogen (secondary N) is 1. The normalized spacial score (nSPS) is 20.0. The molecule has 1 aromatic heterocycles. The highest BCUT2D eigenvalue weighted by Gasteiger charge is 2.39. The van der Waals surface area contributed by atoms with Crippen LogP contribution in [0.25, 0.3) is 5.69 Å². The number of aryl methyl sites for hydroxylation is 1. The fraction of sp³-hybridized carbons (Fsp3) is 0.571. The number of aromatic nitrogens is 3. The van der Waals surface area contributed by atoms with Gasteiger partial charge in [0.15, 0.2) is 5.69 Å². The smallest absolute Gasteiger partial charge is 0.273 e. The van der Waals surface area contributed by atoms with Gasteiger partial charge in [-0.05, 0) is 31.9 Å². The van der Waals surface area contributed by atoms with Crippen LogP contribution >= 0.6 is 0 Å². The molecule has 0 unspecified atom stereocenters. The Kier molecular flexibility index (Phi) is 5.73. The SMILES string of the molecule is Cc1nn(-c2ccccc2)nc1C(=O)NCC1(N2CCOCC2)CCCCC1. The number of morpholine rings is 1. The second-order valence-corrected chi connectivity index (χ2v) is 7.83. The summed E-state index contributed by atoms with van der Waals surface area (Å²) in [6.45, 7) is 5.93. The van der Waals surface area contributed by atoms with Gasteiger partial charge < -0.3 is 10.1 Å². The first-order valence-corrected chi connectivity index (χ1v) is 10.3. The number of hydrogen-bond donors (Lipinski definition) is 1. The second kappa shape index (κ2) is 8.41. The second-order valence-electron chi connectivity index (χ2n) is 7.83. The highest BCUT2D eigenvalue weighted by atomic mass is 16.5. The third-order valence-electron chi connectivity index (χ3n) is 6.03. The third kappa shape index (κ3) is 3.95. The molecule has 0 bridgehead atoms. The lowest BCUT2D eigenvalue weighted by molar-refractivity contribution is -0.0361. The summed E-state index contributed by atoms with van der Waals surface area (Å²) in [5, 5.41) is 12.0. The van der Waals surface area contributed by atoms with E-state index in [4.69, 9.17) is 4.74 Å². The number of rotatable bonds is 5. The van der Waals surface area contributed by atoms with Crippen molar-refractivity contribution >= 4 is 5.91 Å². The van der Waals surface area contributed by atoms with Crippen LogP contribution in [0.1, 0.15) is 48.3 Å². The van der Waals surface area contributed by atoms with E-state index in [9.17, 15) is 4.79 Å². The molecule has 1 saturated carbocycles. The molecular formula is C21H29N5O2. The molecule has 7 heteroatoms. The Morgan fingerprint density at radius 2 is 1.82 bits per heavy atom. The van der Waals surface area contributed by atoms with E-state index in [0.29, 0.717) is 17.9 Å². The van der Waals surface area contributed by atoms with Crippen molar-refractivity contribution in [1.29, 1.82) is 0 Å². The summed E-state index contributed by atoms with van der Waals surface area (Å²) < 4.78 is 5.54. The molecule has 1 amide bonds. The third-order valence-corrected chi connectivity index (χ3v) is 6.03. The molecular weight excluding hydrogens is 354 g/mol. The van der Waals surface area contributed by atoms with Gasteiger partial charge in [-0.3, -0.25) is 9.69 Å². The zero-order chi connectivity index (χ0) is 19.4. The van der Waals surface area contributed by atoms with Gasteiger partial charge in [-0.25, -0.2) is 0 Å². The number of ether oxygens (including phenoxy) is 1. The maximum absolute atomic E-state index is 12.9. The molecule has 1 aromatic carbocycles. The summed E-state index contributed by atoms with van der Waals surface area (Å²) in [6, 6.07) is 9.67. The molecule has 1 aliphatic heterocycles. The van der Waals surface area contributed by atoms with Crippen LogP contribution in [0.15, 0.2) is 30.3 Å². The first kappa shape index (κ1) is 19.1. The van der Waals surface area contributed by atoms with E-state index in [2.05, 4.69) is 20.4 Å². The lowest BCUT2D eigenvalue weighted by atomic mass is 9.79. The number of carbonyl (C=O) groups is 1. The van der Waals surface area contributed by atoms with Crippen LogP contribution in [0, 0.1) is 6.92 Å². The fourth-order valence-corrected chi connectivity index (χ4v) is 4.45. The van der Waals surface area contributed by atoms with Crippen molar-refractivity contribution in [3.8, 4) is 5.69 Å². The van der Waals surface area contributed by atoms with E-state index >= 15 is 0 Å². The van der Waals surface area contributed by atoms with Gasteiger partial charge in [0.2, 0.25) is 0 Å². The topological polar surface area (TPSA) is 72.3 Å². The van der Waals surface area contributed by atoms with Crippen molar-refractivity contribution in [2.75, 3.05) is 32.8 Å². The molecule has 4 rings (SSSR count). The van der Waals surface area contributed by atoms with E-state index < -0.39 is 0 Å². The van der Waals surface area contributed by atoms with Gasteiger partial charge in [-0.1, -0.05) is 37.5 Å². The van der Waals surface area contributed by atoms with Gasteiger partial charge in [0.1, 0.15) is 0 Å². The molecule has 2 aromatic rings. The molecule has 2 fully saturated rings. The average Bonchev–Trinajstić information content (AvgIpc) is 3.16. The van der Waals surface area contributed by atoms with Crippen LogP contribution in [-0.4, -0.2) is 64.2 Å². The van der Waals surface area contributed by atoms with Gasteiger partial charge in [-0.15, -0.1) is 5.10 Å². The molecule has 1 aliphatic carbocycles. The Morgan fingerprint density at radius 1 is 1.11 bits per heavy atom. The predicted octanol–water partition coefficient (Wildman–Crippen LogP) is 2.34. The summed E-state index contributed by atoms with van der Waals surface area (Å²) in [7, 11) is 0. The first-order chi connectivity index (χ1) is 13.7. The predicted molar refractivity (Wildman–Crippen MR) is 107 cm³/mol. The highest BCUT2D eigenvalue weighted by Crippen LogP contribution is 2.34. The fourth-order valence-electron chi connectivity index (χ4n) is 4.45. The van der Waals surface area contributed by atoms with E-state index in [0.717, 1.165) is 44.8 Å². The molecule has 0 radical (unpaired) electrons. The van der Waals surface area contributed by atoms with Crippen LogP contribution in [0.4, 0.5) is 0 Å². The molecule has 2 heterocycles. The standard InChI is InChI=1S/C21H29N5O2/c1-17-19(24-26(23-17)18-8-4-2-5-9-18)20(27)22-16-21(10-6-3-7-11-21)25-12-14-28-15-13-25/h2,4-5,8-9H,3,6-7,10-16H2,1H3,(H,22,27). The Labute approximate surface area is 166 Å². The summed E-state index contributed by atoms with van der Waals surface area (Å²) >= 11 is 0. The van der Waals surface area contributed by atoms with Crippen molar-refractivity contribution in [1.82, 2.24) is 25.2 Å². The van der Waals surface area contributed by atoms with Crippen LogP contribution < -0.4 is 5.32 Å². The van der Waals surface area contributed by atoms with Gasteiger partial charge in [0.25, 0.3) is 5.91 Å². The van der Waals surface area contributed by atoms with Crippen molar-refractivity contribution < 1.29 is 9.53 Å². The number of nitrogens with zero attached hydrogens (tertiary/aromatic N) is 4. The summed E-state index contributed by atoms with van der Waals surface area (Å²) in [4.78, 5) is 17.0. The minimum atomic E-state index is -0.141. The van der Waals surface area contributed by atoms with E-state index in [1.54, 1.807) is 0 Å². The summed E-state index contributed by atoms with van der Waals surface area (Å²) in [5.41, 5.74) is 1.94. The Balaban J connectivity index is 1.47. The minimum Gasteiger partial charge on any atom is -0.379 e. The van der Waals surface area contributed by atoms with Crippen LogP contribution in [-0.2, 0) is 4.74 Å². The zero-order valence-electron chi connectivity index (χ0n) is 16.6. The van der Waals surface area contributed by atoms with Gasteiger partial charge in [0, 0.05) is 25.2 Å². The lowest BCUT2D eigenvalue weighted by Crippen LogP contribution is -2.59. The number of para-hydroxylation sites is 1. The zero-order valence-corrected chi connectivity index (χ0v) is 16.6. The number of carbonyl (C=O) groups excluding carboxylic acids is 1. The molecule has 2 aliphatic rings. The van der Waals surface area contributed by atoms with Gasteiger partial charge in [-0.2, -0.15) is 9.90 Å². The number of hydrogen-bond acceptors (Lipinski definition) is 5. The number of benzene rings is 1. The number of amides is 1. The van der Waals surface area contributed by atoms with Crippen molar-refractivity contribution in [2.24, 2.45) is 0 Å². The lowest BCUT2D eigenvalue weighted by Gasteiger charge is -2.48. The maximum Gasteiger partial charge on any atom is 0.273 e. The molecule has 150 valence electrons. The average molecular weight is 383 g/mol. The molecule has 1 saturated heterocycles. The largest absolute Gasteiger partial charge is 0.379 e. The first-order valence-electron chi connectivity index (χ1n) is 10.3. The highest BCUT2D eigenvalue weighted by molar-refractivity contribution is 5.93. The quantitative estimate of drug-likeness (QED) is 0.858. The minimum absolute atomic E-state index is 0.0427. The Hall–Kier alpha value is -2.25. The van der Waals surface area contributed by atoms with Crippen LogP contribution in [0.2, 0.25) is 0 Å². The summed E-state index contributed by atoms with van der Waals surface area (Å²) in [6.07, 6.45) is 5.98. The van der Waals surface area contributed by atoms with Crippen LogP contribution in [0.3, 0.4) is 0 Å². The molecule has 0 atom stereocenters. The Bertz CT molecular complexity index is 792. The molecule has 1 N–H and O–H groups in total. The van der Waals surface area contributed by atoms with Gasteiger partial charge in [0.05, 0.1) is 24.6 Å². The van der Waals surface area contributed by atoms with E-state index in [1.165, 1.54) is 24.1 Å². The monoisotopic (exact) mass is 383 g/mol. The van der Waals surface area contributed by atoms with E-state index in [1.807, 2.05) is 37.3 Å². The van der Waals surface area contributed by atoms with Crippen molar-refractivity contribution in [3.63, 3.8) is 0 Å². The molecule has 0 spiro atoms. The van der Waals surface area contributed by atoms with Crippen LogP contribution in [0.5, 0.6) is 0 Å². The Morgan fingerprint density at radius 3 is 2.54 bits per heavy atom. The van der Waals surface area contributed by atoms with E-state index in [-0.39, 0.29) is 11.4 Å². The van der Waals surface area contributed by atoms with Gasteiger partial charge >= 0.3 is 0 Å². The van der Waals surface area contributed by atoms with Crippen molar-refractivity contribution in [2.45, 2.75) is 44.6 Å². The van der Waals surface area contributed by atoms with Crippen molar-refractivity contribution in [3.05, 3.63) is 41.7 Å². The molecule has 28 heavy (non-hydrogen) atoms. The summed E-state index contributed by atoms with van der Waals surface area (Å²) in [5.74, 6) is -0.141. The maximum atomic E-state index is 12.9.